The summed E-state index contributed by atoms with van der Waals surface area (Å²) in [5, 5.41) is 0.246. The molecule has 0 bridgehead atoms. The maximum absolute atomic E-state index is 6.20. The first-order valence-corrected chi connectivity index (χ1v) is 6.32. The zero-order chi connectivity index (χ0) is 11.0. The van der Waals surface area contributed by atoms with Gasteiger partial charge in [0, 0.05) is 23.8 Å². The van der Waals surface area contributed by atoms with Crippen LogP contribution in [0.4, 0.5) is 5.82 Å². The minimum absolute atomic E-state index is 0.246. The van der Waals surface area contributed by atoms with Crippen LogP contribution in [0.1, 0.15) is 12.5 Å². The molecule has 0 radical (unpaired) electrons. The van der Waals surface area contributed by atoms with Gasteiger partial charge in [0.05, 0.1) is 5.38 Å². The smallest absolute Gasteiger partial charge is 0.128 e. The number of aryl methyl sites for hydroxylation is 1. The molecule has 2 atom stereocenters. The van der Waals surface area contributed by atoms with E-state index in [-0.39, 0.29) is 5.38 Å². The second-order valence-corrected chi connectivity index (χ2v) is 5.60. The highest BCUT2D eigenvalue weighted by Crippen LogP contribution is 2.27. The van der Waals surface area contributed by atoms with Crippen LogP contribution in [0, 0.1) is 12.8 Å². The van der Waals surface area contributed by atoms with E-state index in [0.717, 1.165) is 23.4 Å². The highest BCUT2D eigenvalue weighted by atomic mass is 79.9. The summed E-state index contributed by atoms with van der Waals surface area (Å²) in [7, 11) is 0. The lowest BCUT2D eigenvalue weighted by molar-refractivity contribution is 0.666. The highest BCUT2D eigenvalue weighted by molar-refractivity contribution is 9.10. The third-order valence-corrected chi connectivity index (χ3v) is 4.28. The number of pyridine rings is 1. The summed E-state index contributed by atoms with van der Waals surface area (Å²) in [5.41, 5.74) is 1.21. The van der Waals surface area contributed by atoms with E-state index in [4.69, 9.17) is 11.6 Å². The van der Waals surface area contributed by atoms with Gasteiger partial charge in [0.1, 0.15) is 5.82 Å². The van der Waals surface area contributed by atoms with Gasteiger partial charge in [-0.15, -0.1) is 11.6 Å². The summed E-state index contributed by atoms with van der Waals surface area (Å²) in [4.78, 5) is 6.66. The minimum atomic E-state index is 0.246. The molecule has 0 spiro atoms. The van der Waals surface area contributed by atoms with Crippen LogP contribution < -0.4 is 4.90 Å². The number of aromatic nitrogens is 1. The van der Waals surface area contributed by atoms with Crippen LogP contribution in [0.5, 0.6) is 0 Å². The van der Waals surface area contributed by atoms with Crippen molar-refractivity contribution in [1.29, 1.82) is 0 Å². The van der Waals surface area contributed by atoms with Gasteiger partial charge in [-0.3, -0.25) is 0 Å². The fourth-order valence-corrected chi connectivity index (χ4v) is 2.27. The Morgan fingerprint density at radius 3 is 2.80 bits per heavy atom. The molecule has 4 heteroatoms. The van der Waals surface area contributed by atoms with E-state index < -0.39 is 0 Å². The summed E-state index contributed by atoms with van der Waals surface area (Å²) < 4.78 is 1.06. The molecule has 1 aliphatic heterocycles. The monoisotopic (exact) mass is 288 g/mol. The van der Waals surface area contributed by atoms with Gasteiger partial charge >= 0.3 is 0 Å². The fraction of sp³-hybridized carbons (Fsp3) is 0.545. The van der Waals surface area contributed by atoms with Crippen molar-refractivity contribution < 1.29 is 0 Å². The first kappa shape index (κ1) is 11.2. The Morgan fingerprint density at radius 1 is 1.53 bits per heavy atom. The van der Waals surface area contributed by atoms with Gasteiger partial charge in [-0.25, -0.2) is 4.98 Å². The molecule has 2 unspecified atom stereocenters. The average molecular weight is 290 g/mol. The highest BCUT2D eigenvalue weighted by Gasteiger charge is 2.28. The molecule has 1 saturated heterocycles. The molecule has 2 nitrogen and oxygen atoms in total. The van der Waals surface area contributed by atoms with E-state index in [1.54, 1.807) is 0 Å². The number of anilines is 1. The number of halogens is 2. The third kappa shape index (κ3) is 2.28. The molecular weight excluding hydrogens is 275 g/mol. The minimum Gasteiger partial charge on any atom is -0.355 e. The lowest BCUT2D eigenvalue weighted by Crippen LogP contribution is -2.21. The summed E-state index contributed by atoms with van der Waals surface area (Å²) in [5.74, 6) is 1.57. The topological polar surface area (TPSA) is 16.1 Å². The summed E-state index contributed by atoms with van der Waals surface area (Å²) >= 11 is 9.65. The van der Waals surface area contributed by atoms with Crippen LogP contribution >= 0.6 is 27.5 Å². The Bertz CT molecular complexity index is 360. The molecule has 0 aliphatic carbocycles. The van der Waals surface area contributed by atoms with E-state index in [2.05, 4.69) is 45.7 Å². The van der Waals surface area contributed by atoms with Crippen LogP contribution in [-0.2, 0) is 0 Å². The molecule has 2 heterocycles. The molecular formula is C11H14BrClN2. The Hall–Kier alpha value is -0.280. The summed E-state index contributed by atoms with van der Waals surface area (Å²) in [6.07, 6.45) is 1.86. The first-order valence-electron chi connectivity index (χ1n) is 5.09. The average Bonchev–Trinajstić information content (AvgIpc) is 2.52. The largest absolute Gasteiger partial charge is 0.355 e. The second-order valence-electron chi connectivity index (χ2n) is 4.19. The Balaban J connectivity index is 2.20. The van der Waals surface area contributed by atoms with Crippen molar-refractivity contribution in [2.24, 2.45) is 5.92 Å². The van der Waals surface area contributed by atoms with E-state index >= 15 is 0 Å². The number of hydrogen-bond donors (Lipinski definition) is 0. The van der Waals surface area contributed by atoms with Crippen molar-refractivity contribution in [2.45, 2.75) is 19.2 Å². The number of nitrogens with zero attached hydrogens (tertiary/aromatic N) is 2. The number of hydrogen-bond acceptors (Lipinski definition) is 2. The number of rotatable bonds is 1. The van der Waals surface area contributed by atoms with Crippen molar-refractivity contribution in [3.63, 3.8) is 0 Å². The van der Waals surface area contributed by atoms with Gasteiger partial charge in [-0.05, 0) is 40.4 Å². The lowest BCUT2D eigenvalue weighted by atomic mass is 10.2. The van der Waals surface area contributed by atoms with Crippen LogP contribution in [-0.4, -0.2) is 23.5 Å². The van der Waals surface area contributed by atoms with Gasteiger partial charge in [0.2, 0.25) is 0 Å². The molecule has 82 valence electrons. The van der Waals surface area contributed by atoms with Crippen LogP contribution in [0.2, 0.25) is 0 Å². The van der Waals surface area contributed by atoms with Crippen molar-refractivity contribution in [2.75, 3.05) is 18.0 Å². The van der Waals surface area contributed by atoms with Crippen LogP contribution in [0.15, 0.2) is 16.7 Å². The Labute approximate surface area is 104 Å². The predicted octanol–water partition coefficient (Wildman–Crippen LogP) is 3.22. The molecule has 1 aliphatic rings. The normalized spacial score (nSPS) is 26.0. The van der Waals surface area contributed by atoms with Crippen molar-refractivity contribution in [1.82, 2.24) is 4.98 Å². The van der Waals surface area contributed by atoms with Crippen molar-refractivity contribution in [3.05, 3.63) is 22.3 Å². The zero-order valence-corrected chi connectivity index (χ0v) is 11.2. The molecule has 1 fully saturated rings. The molecule has 1 aromatic rings. The third-order valence-electron chi connectivity index (χ3n) is 2.88. The predicted molar refractivity (Wildman–Crippen MR) is 67.7 cm³/mol. The van der Waals surface area contributed by atoms with Crippen molar-refractivity contribution in [3.8, 4) is 0 Å². The zero-order valence-electron chi connectivity index (χ0n) is 8.87. The molecule has 2 rings (SSSR count). The van der Waals surface area contributed by atoms with Crippen molar-refractivity contribution >= 4 is 33.3 Å². The standard InChI is InChI=1S/C11H14BrClN2/c1-7-3-11(14-4-9(7)12)15-5-8(2)10(13)6-15/h3-4,8,10H,5-6H2,1-2H3. The fourth-order valence-electron chi connectivity index (χ4n) is 1.81. The quantitative estimate of drug-likeness (QED) is 0.738. The first-order chi connectivity index (χ1) is 7.08. The SMILES string of the molecule is Cc1cc(N2CC(C)C(Cl)C2)ncc1Br. The Morgan fingerprint density at radius 2 is 2.27 bits per heavy atom. The van der Waals surface area contributed by atoms with E-state index in [1.165, 1.54) is 5.56 Å². The molecule has 15 heavy (non-hydrogen) atoms. The van der Waals surface area contributed by atoms with E-state index in [9.17, 15) is 0 Å². The van der Waals surface area contributed by atoms with Gasteiger partial charge < -0.3 is 4.90 Å². The van der Waals surface area contributed by atoms with Gasteiger partial charge in [0.25, 0.3) is 0 Å². The van der Waals surface area contributed by atoms with E-state index in [0.29, 0.717) is 5.92 Å². The van der Waals surface area contributed by atoms with Crippen LogP contribution in [0.25, 0.3) is 0 Å². The molecule has 0 saturated carbocycles. The maximum atomic E-state index is 6.20. The summed E-state index contributed by atoms with van der Waals surface area (Å²) in [6, 6.07) is 2.10. The van der Waals surface area contributed by atoms with Crippen LogP contribution in [0.3, 0.4) is 0 Å². The second kappa shape index (κ2) is 4.30. The van der Waals surface area contributed by atoms with Gasteiger partial charge in [-0.1, -0.05) is 6.92 Å². The molecule has 0 aromatic carbocycles. The van der Waals surface area contributed by atoms with E-state index in [1.807, 2.05) is 6.20 Å². The lowest BCUT2D eigenvalue weighted by Gasteiger charge is -2.17. The molecule has 0 amide bonds. The maximum Gasteiger partial charge on any atom is 0.128 e. The molecule has 1 aromatic heterocycles. The van der Waals surface area contributed by atoms with Gasteiger partial charge in [-0.2, -0.15) is 0 Å². The summed E-state index contributed by atoms with van der Waals surface area (Å²) in [6.45, 7) is 6.16. The number of alkyl halides is 1. The Kier molecular flexibility index (Phi) is 3.21. The molecule has 0 N–H and O–H groups in total. The van der Waals surface area contributed by atoms with Gasteiger partial charge in [0.15, 0.2) is 0 Å².